The van der Waals surface area contributed by atoms with Gasteiger partial charge in [0.05, 0.1) is 45.4 Å². The second-order valence-corrected chi connectivity index (χ2v) is 12.9. The number of carbonyl (C=O) groups excluding carboxylic acids is 2. The summed E-state index contributed by atoms with van der Waals surface area (Å²) in [5.41, 5.74) is -2.92. The van der Waals surface area contributed by atoms with Crippen LogP contribution in [0.25, 0.3) is 0 Å². The number of alkyl halides is 3. The first-order valence-corrected chi connectivity index (χ1v) is 14.2. The summed E-state index contributed by atoms with van der Waals surface area (Å²) in [6.07, 6.45) is 0.335. The molecule has 13 heteroatoms. The molecule has 3 saturated carbocycles. The fourth-order valence-electron chi connectivity index (χ4n) is 6.42. The number of hydrogen-bond donors (Lipinski definition) is 1. The van der Waals surface area contributed by atoms with Gasteiger partial charge >= 0.3 is 12.1 Å². The molecule has 0 unspecified atom stereocenters. The van der Waals surface area contributed by atoms with Crippen LogP contribution in [0.2, 0.25) is 10.0 Å². The number of carbonyl (C=O) groups is 3. The predicted octanol–water partition coefficient (Wildman–Crippen LogP) is 7.07. The summed E-state index contributed by atoms with van der Waals surface area (Å²) in [6, 6.07) is 1.07. The molecule has 3 fully saturated rings. The Kier molecular flexibility index (Phi) is 7.68. The van der Waals surface area contributed by atoms with Crippen LogP contribution in [0.1, 0.15) is 90.7 Å². The predicted molar refractivity (Wildman–Crippen MR) is 142 cm³/mol. The molecular formula is C28H29Cl2F4N3O4. The number of aromatic nitrogens is 2. The zero-order chi connectivity index (χ0) is 29.9. The van der Waals surface area contributed by atoms with Crippen LogP contribution in [-0.2, 0) is 11.0 Å². The van der Waals surface area contributed by atoms with E-state index in [0.29, 0.717) is 0 Å². The second-order valence-electron chi connectivity index (χ2n) is 12.1. The van der Waals surface area contributed by atoms with Crippen molar-refractivity contribution in [2.75, 3.05) is 13.1 Å². The van der Waals surface area contributed by atoms with Crippen molar-refractivity contribution in [2.24, 2.45) is 16.7 Å². The first-order chi connectivity index (χ1) is 19.1. The third-order valence-electron chi connectivity index (χ3n) is 9.00. The van der Waals surface area contributed by atoms with Crippen molar-refractivity contribution < 1.29 is 37.1 Å². The fraction of sp³-hybridized carbons (Fsp3) is 0.571. The van der Waals surface area contributed by atoms with Gasteiger partial charge in [-0.1, -0.05) is 23.2 Å². The Labute approximate surface area is 243 Å². The van der Waals surface area contributed by atoms with E-state index >= 15 is 0 Å². The number of aliphatic carboxylic acids is 1. The number of halogens is 6. The van der Waals surface area contributed by atoms with Crippen LogP contribution < -0.4 is 0 Å². The molecule has 1 heterocycles. The van der Waals surface area contributed by atoms with Crippen LogP contribution in [0, 0.1) is 22.6 Å². The van der Waals surface area contributed by atoms with Gasteiger partial charge in [-0.05, 0) is 81.8 Å². The van der Waals surface area contributed by atoms with Crippen molar-refractivity contribution in [2.45, 2.75) is 70.5 Å². The number of carboxylic acids is 1. The number of nitrogens with zero attached hydrogens (tertiary/aromatic N) is 3. The van der Waals surface area contributed by atoms with Crippen LogP contribution in [0.3, 0.4) is 0 Å². The lowest BCUT2D eigenvalue weighted by Gasteiger charge is -2.39. The van der Waals surface area contributed by atoms with E-state index in [2.05, 4.69) is 5.10 Å². The number of ketones is 1. The van der Waals surface area contributed by atoms with Gasteiger partial charge in [0.2, 0.25) is 0 Å². The summed E-state index contributed by atoms with van der Waals surface area (Å²) >= 11 is 12.1. The minimum absolute atomic E-state index is 0.0184. The second kappa shape index (κ2) is 10.6. The van der Waals surface area contributed by atoms with Crippen molar-refractivity contribution in [1.29, 1.82) is 0 Å². The highest BCUT2D eigenvalue weighted by Gasteiger charge is 2.53. The molecule has 3 aliphatic rings. The zero-order valence-corrected chi connectivity index (χ0v) is 23.8. The van der Waals surface area contributed by atoms with Gasteiger partial charge < -0.3 is 10.0 Å². The number of rotatable bonds is 8. The van der Waals surface area contributed by atoms with Crippen LogP contribution in [0.4, 0.5) is 17.6 Å². The molecule has 0 bridgehead atoms. The Bertz CT molecular complexity index is 1370. The molecule has 0 atom stereocenters. The molecular weight excluding hydrogens is 589 g/mol. The highest BCUT2D eigenvalue weighted by atomic mass is 35.5. The smallest absolute Gasteiger partial charge is 0.433 e. The molecule has 7 nitrogen and oxygen atoms in total. The molecule has 0 aliphatic heterocycles. The van der Waals surface area contributed by atoms with E-state index in [1.807, 2.05) is 0 Å². The summed E-state index contributed by atoms with van der Waals surface area (Å²) in [7, 11) is 0. The summed E-state index contributed by atoms with van der Waals surface area (Å²) < 4.78 is 57.9. The van der Waals surface area contributed by atoms with E-state index in [1.165, 1.54) is 0 Å². The van der Waals surface area contributed by atoms with Gasteiger partial charge in [0, 0.05) is 6.54 Å². The average Bonchev–Trinajstić information content (AvgIpc) is 3.51. The van der Waals surface area contributed by atoms with Gasteiger partial charge in [0.1, 0.15) is 5.82 Å². The van der Waals surface area contributed by atoms with Gasteiger partial charge in [-0.15, -0.1) is 0 Å². The standard InChI is InChI=1S/C28H29Cl2F4N3O4/c1-26(25(40)41)4-2-17(3-5-26)37-23(28(32,33)34)18(12-35-37)24(39)36(13-15-10-27(11-15)6-7-27)14-21(38)22-19(29)8-16(31)9-20(22)30/h8-9,12,15,17H,2-7,10-11,13-14H2,1H3,(H,40,41)/t17-,26-. The Morgan fingerprint density at radius 1 is 1.10 bits per heavy atom. The molecule has 2 aromatic rings. The number of Topliss-reactive ketones (excluding diaryl/α,β-unsaturated/α-hetero) is 1. The summed E-state index contributed by atoms with van der Waals surface area (Å²) in [5.74, 6) is -3.48. The number of benzene rings is 1. The van der Waals surface area contributed by atoms with E-state index in [0.717, 1.165) is 53.6 Å². The third kappa shape index (κ3) is 5.84. The van der Waals surface area contributed by atoms with Gasteiger partial charge in [-0.25, -0.2) is 4.39 Å². The molecule has 3 aliphatic carbocycles. The van der Waals surface area contributed by atoms with Crippen molar-refractivity contribution in [3.05, 3.63) is 51.0 Å². The summed E-state index contributed by atoms with van der Waals surface area (Å²) in [4.78, 5) is 39.7. The SMILES string of the molecule is C[C@]1(C(=O)O)CC[C@H](n2ncc(C(=O)N(CC(=O)c3c(Cl)cc(F)cc3Cl)CC3CC4(CC4)C3)c2C(F)(F)F)CC1. The Balaban J connectivity index is 1.44. The highest BCUT2D eigenvalue weighted by Crippen LogP contribution is 2.63. The largest absolute Gasteiger partial charge is 0.481 e. The van der Waals surface area contributed by atoms with Crippen molar-refractivity contribution in [1.82, 2.24) is 14.7 Å². The van der Waals surface area contributed by atoms with E-state index in [1.54, 1.807) is 6.92 Å². The maximum absolute atomic E-state index is 14.5. The first kappa shape index (κ1) is 29.8. The van der Waals surface area contributed by atoms with Crippen LogP contribution in [0.15, 0.2) is 18.3 Å². The fourth-order valence-corrected chi connectivity index (χ4v) is 7.09. The molecule has 1 N–H and O–H groups in total. The number of hydrogen-bond acceptors (Lipinski definition) is 4. The maximum Gasteiger partial charge on any atom is 0.433 e. The molecule has 1 spiro atoms. The number of amides is 1. The maximum atomic E-state index is 14.5. The van der Waals surface area contributed by atoms with Crippen LogP contribution >= 0.6 is 23.2 Å². The topological polar surface area (TPSA) is 92.5 Å². The van der Waals surface area contributed by atoms with Gasteiger partial charge in [-0.2, -0.15) is 18.3 Å². The van der Waals surface area contributed by atoms with Crippen LogP contribution in [-0.4, -0.2) is 50.5 Å². The summed E-state index contributed by atoms with van der Waals surface area (Å²) in [6.45, 7) is 1.02. The van der Waals surface area contributed by atoms with Gasteiger partial charge in [0.25, 0.3) is 5.91 Å². The lowest BCUT2D eigenvalue weighted by molar-refractivity contribution is -0.152. The normalized spacial score (nSPS) is 23.7. The van der Waals surface area contributed by atoms with Crippen LogP contribution in [0.5, 0.6) is 0 Å². The monoisotopic (exact) mass is 617 g/mol. The van der Waals surface area contributed by atoms with Crippen molar-refractivity contribution in [3.63, 3.8) is 0 Å². The molecule has 222 valence electrons. The molecule has 1 aromatic heterocycles. The molecule has 1 aromatic carbocycles. The molecule has 1 amide bonds. The highest BCUT2D eigenvalue weighted by molar-refractivity contribution is 6.40. The minimum Gasteiger partial charge on any atom is -0.481 e. The quantitative estimate of drug-likeness (QED) is 0.253. The number of carboxylic acid groups (broad SMARTS) is 1. The van der Waals surface area contributed by atoms with E-state index in [-0.39, 0.29) is 59.2 Å². The Morgan fingerprint density at radius 3 is 2.20 bits per heavy atom. The Morgan fingerprint density at radius 2 is 1.68 bits per heavy atom. The molecule has 41 heavy (non-hydrogen) atoms. The molecule has 0 saturated heterocycles. The molecule has 5 rings (SSSR count). The van der Waals surface area contributed by atoms with Crippen molar-refractivity contribution >= 4 is 40.9 Å². The lowest BCUT2D eigenvalue weighted by Crippen LogP contribution is -2.43. The van der Waals surface area contributed by atoms with Gasteiger partial charge in [0.15, 0.2) is 11.5 Å². The van der Waals surface area contributed by atoms with E-state index < -0.39 is 58.9 Å². The van der Waals surface area contributed by atoms with E-state index in [9.17, 15) is 37.1 Å². The van der Waals surface area contributed by atoms with Crippen molar-refractivity contribution in [3.8, 4) is 0 Å². The average molecular weight is 618 g/mol. The minimum atomic E-state index is -4.94. The zero-order valence-electron chi connectivity index (χ0n) is 22.2. The lowest BCUT2D eigenvalue weighted by atomic mass is 9.71. The molecule has 0 radical (unpaired) electrons. The van der Waals surface area contributed by atoms with E-state index in [4.69, 9.17) is 23.2 Å². The third-order valence-corrected chi connectivity index (χ3v) is 9.60. The first-order valence-electron chi connectivity index (χ1n) is 13.5. The summed E-state index contributed by atoms with van der Waals surface area (Å²) in [5, 5.41) is 12.9. The van der Waals surface area contributed by atoms with Gasteiger partial charge in [-0.3, -0.25) is 19.1 Å². The Hall–Kier alpha value is -2.66.